The van der Waals surface area contributed by atoms with E-state index in [1.54, 1.807) is 36.4 Å². The van der Waals surface area contributed by atoms with Crippen LogP contribution in [-0.4, -0.2) is 47.6 Å². The van der Waals surface area contributed by atoms with Gasteiger partial charge < -0.3 is 15.1 Å². The second-order valence-corrected chi connectivity index (χ2v) is 8.27. The molecule has 3 aromatic rings. The molecule has 0 atom stereocenters. The van der Waals surface area contributed by atoms with Gasteiger partial charge in [0, 0.05) is 42.8 Å². The fourth-order valence-corrected chi connectivity index (χ4v) is 4.43. The van der Waals surface area contributed by atoms with E-state index in [9.17, 15) is 14.5 Å². The topological polar surface area (TPSA) is 87.4 Å². The molecule has 11 heteroatoms. The first kappa shape index (κ1) is 23.0. The summed E-state index contributed by atoms with van der Waals surface area (Å²) in [6.45, 7) is 2.29. The van der Waals surface area contributed by atoms with Gasteiger partial charge >= 0.3 is 5.69 Å². The van der Waals surface area contributed by atoms with E-state index >= 15 is 0 Å². The molecule has 1 N–H and O–H groups in total. The van der Waals surface area contributed by atoms with E-state index in [0.29, 0.717) is 54.9 Å². The number of benzene rings is 2. The van der Waals surface area contributed by atoms with Crippen LogP contribution in [0.3, 0.4) is 0 Å². The smallest absolute Gasteiger partial charge is 0.353 e. The number of halogens is 3. The molecule has 1 fully saturated rings. The van der Waals surface area contributed by atoms with Crippen molar-refractivity contribution >= 4 is 46.2 Å². The lowest BCUT2D eigenvalue weighted by molar-refractivity contribution is -0.383. The molecule has 33 heavy (non-hydrogen) atoms. The van der Waals surface area contributed by atoms with E-state index in [2.05, 4.69) is 15.3 Å². The van der Waals surface area contributed by atoms with Crippen molar-refractivity contribution in [2.24, 2.45) is 0 Å². The fourth-order valence-electron chi connectivity index (χ4n) is 3.84. The van der Waals surface area contributed by atoms with Gasteiger partial charge in [-0.25, -0.2) is 14.4 Å². The molecule has 4 rings (SSSR count). The number of nitrogens with zero attached hydrogens (tertiary/aromatic N) is 5. The SMILES string of the molecule is O=[N+]([O-])c1c(NCCc2c(Cl)cccc2Cl)ncnc1N1CCN(c2ccccc2F)CC1. The van der Waals surface area contributed by atoms with E-state index in [-0.39, 0.29) is 23.1 Å². The van der Waals surface area contributed by atoms with Crippen LogP contribution in [0.15, 0.2) is 48.8 Å². The Kier molecular flexibility index (Phi) is 7.10. The minimum absolute atomic E-state index is 0.129. The molecule has 1 aliphatic rings. The van der Waals surface area contributed by atoms with Gasteiger partial charge in [0.15, 0.2) is 0 Å². The number of aromatic nitrogens is 2. The molecule has 0 radical (unpaired) electrons. The van der Waals surface area contributed by atoms with Crippen LogP contribution < -0.4 is 15.1 Å². The van der Waals surface area contributed by atoms with Gasteiger partial charge in [0.05, 0.1) is 10.6 Å². The third-order valence-electron chi connectivity index (χ3n) is 5.49. The Morgan fingerprint density at radius 2 is 1.67 bits per heavy atom. The minimum Gasteiger partial charge on any atom is -0.366 e. The summed E-state index contributed by atoms with van der Waals surface area (Å²) in [5.41, 5.74) is 1.09. The largest absolute Gasteiger partial charge is 0.366 e. The third kappa shape index (κ3) is 5.09. The summed E-state index contributed by atoms with van der Waals surface area (Å²) in [6, 6.07) is 11.8. The molecule has 172 valence electrons. The normalized spacial score (nSPS) is 13.8. The van der Waals surface area contributed by atoms with E-state index in [4.69, 9.17) is 23.2 Å². The van der Waals surface area contributed by atoms with Crippen molar-refractivity contribution in [2.75, 3.05) is 47.8 Å². The molecule has 0 spiro atoms. The number of piperazine rings is 1. The van der Waals surface area contributed by atoms with Crippen molar-refractivity contribution in [1.82, 2.24) is 9.97 Å². The summed E-state index contributed by atoms with van der Waals surface area (Å²) in [4.78, 5) is 23.5. The zero-order valence-corrected chi connectivity index (χ0v) is 19.1. The second-order valence-electron chi connectivity index (χ2n) is 7.45. The van der Waals surface area contributed by atoms with Crippen molar-refractivity contribution in [3.05, 3.63) is 80.3 Å². The monoisotopic (exact) mass is 490 g/mol. The molecule has 0 unspecified atom stereocenters. The lowest BCUT2D eigenvalue weighted by Crippen LogP contribution is -2.47. The summed E-state index contributed by atoms with van der Waals surface area (Å²) in [5, 5.41) is 16.0. The van der Waals surface area contributed by atoms with E-state index in [0.717, 1.165) is 5.56 Å². The van der Waals surface area contributed by atoms with Crippen LogP contribution in [0.4, 0.5) is 27.4 Å². The first-order valence-electron chi connectivity index (χ1n) is 10.4. The lowest BCUT2D eigenvalue weighted by atomic mass is 10.1. The maximum absolute atomic E-state index is 14.1. The zero-order valence-electron chi connectivity index (χ0n) is 17.5. The molecule has 0 saturated carbocycles. The molecule has 1 aromatic heterocycles. The third-order valence-corrected chi connectivity index (χ3v) is 6.20. The molecule has 1 aliphatic heterocycles. The fraction of sp³-hybridized carbons (Fsp3) is 0.273. The van der Waals surface area contributed by atoms with Crippen molar-refractivity contribution < 1.29 is 9.31 Å². The Morgan fingerprint density at radius 1 is 1.00 bits per heavy atom. The number of hydrogen-bond donors (Lipinski definition) is 1. The summed E-state index contributed by atoms with van der Waals surface area (Å²) in [7, 11) is 0. The average molecular weight is 491 g/mol. The Balaban J connectivity index is 1.48. The van der Waals surface area contributed by atoms with Gasteiger partial charge in [-0.2, -0.15) is 0 Å². The first-order chi connectivity index (χ1) is 16.0. The van der Waals surface area contributed by atoms with E-state index < -0.39 is 4.92 Å². The van der Waals surface area contributed by atoms with Gasteiger partial charge in [-0.15, -0.1) is 0 Å². The highest BCUT2D eigenvalue weighted by atomic mass is 35.5. The van der Waals surface area contributed by atoms with Crippen molar-refractivity contribution in [2.45, 2.75) is 6.42 Å². The van der Waals surface area contributed by atoms with Crippen LogP contribution in [0.1, 0.15) is 5.56 Å². The van der Waals surface area contributed by atoms with Gasteiger partial charge in [0.2, 0.25) is 11.6 Å². The molecular formula is C22H21Cl2FN6O2. The number of hydrogen-bond acceptors (Lipinski definition) is 7. The van der Waals surface area contributed by atoms with E-state index in [1.165, 1.54) is 12.4 Å². The van der Waals surface area contributed by atoms with Crippen LogP contribution in [-0.2, 0) is 6.42 Å². The summed E-state index contributed by atoms with van der Waals surface area (Å²) in [6.07, 6.45) is 1.77. The van der Waals surface area contributed by atoms with Gasteiger partial charge in [0.25, 0.3) is 0 Å². The zero-order chi connectivity index (χ0) is 23.4. The first-order valence-corrected chi connectivity index (χ1v) is 11.1. The number of para-hydroxylation sites is 1. The summed E-state index contributed by atoms with van der Waals surface area (Å²) < 4.78 is 14.1. The van der Waals surface area contributed by atoms with Crippen molar-refractivity contribution in [1.29, 1.82) is 0 Å². The van der Waals surface area contributed by atoms with Crippen molar-refractivity contribution in [3.63, 3.8) is 0 Å². The molecule has 2 aromatic carbocycles. The second kappa shape index (κ2) is 10.2. The van der Waals surface area contributed by atoms with Gasteiger partial charge in [-0.05, 0) is 36.2 Å². The van der Waals surface area contributed by atoms with Crippen LogP contribution in [0.2, 0.25) is 10.0 Å². The van der Waals surface area contributed by atoms with Crippen LogP contribution in [0, 0.1) is 15.9 Å². The predicted octanol–water partition coefficient (Wildman–Crippen LogP) is 4.81. The number of rotatable bonds is 7. The Hall–Kier alpha value is -3.17. The number of nitrogens with one attached hydrogen (secondary N) is 1. The Morgan fingerprint density at radius 3 is 2.33 bits per heavy atom. The van der Waals surface area contributed by atoms with Crippen LogP contribution in [0.25, 0.3) is 0 Å². The molecule has 0 amide bonds. The number of anilines is 3. The highest BCUT2D eigenvalue weighted by molar-refractivity contribution is 6.36. The molecular weight excluding hydrogens is 470 g/mol. The standard InChI is InChI=1S/C22H21Cl2FN6O2/c23-16-4-3-5-17(24)15(16)8-9-26-21-20(31(32)33)22(28-14-27-21)30-12-10-29(11-13-30)19-7-2-1-6-18(19)25/h1-7,14H,8-13H2,(H,26,27,28). The maximum Gasteiger partial charge on any atom is 0.353 e. The Bertz CT molecular complexity index is 1140. The maximum atomic E-state index is 14.1. The Labute approximate surface area is 200 Å². The molecule has 0 aliphatic carbocycles. The van der Waals surface area contributed by atoms with Crippen LogP contribution in [0.5, 0.6) is 0 Å². The quantitative estimate of drug-likeness (QED) is 0.375. The molecule has 8 nitrogen and oxygen atoms in total. The van der Waals surface area contributed by atoms with Gasteiger partial charge in [0.1, 0.15) is 12.1 Å². The minimum atomic E-state index is -0.483. The highest BCUT2D eigenvalue weighted by Crippen LogP contribution is 2.33. The average Bonchev–Trinajstić information content (AvgIpc) is 2.81. The summed E-state index contributed by atoms with van der Waals surface area (Å²) in [5.74, 6) is 0.0789. The van der Waals surface area contributed by atoms with Gasteiger partial charge in [-0.1, -0.05) is 41.4 Å². The van der Waals surface area contributed by atoms with Crippen molar-refractivity contribution in [3.8, 4) is 0 Å². The number of nitro groups is 1. The molecule has 2 heterocycles. The molecule has 0 bridgehead atoms. The lowest BCUT2D eigenvalue weighted by Gasteiger charge is -2.36. The van der Waals surface area contributed by atoms with Crippen LogP contribution >= 0.6 is 23.2 Å². The highest BCUT2D eigenvalue weighted by Gasteiger charge is 2.29. The summed E-state index contributed by atoms with van der Waals surface area (Å²) >= 11 is 12.4. The predicted molar refractivity (Wildman–Crippen MR) is 128 cm³/mol. The van der Waals surface area contributed by atoms with E-state index in [1.807, 2.05) is 9.80 Å². The molecule has 1 saturated heterocycles. The van der Waals surface area contributed by atoms with Gasteiger partial charge in [-0.3, -0.25) is 10.1 Å².